The summed E-state index contributed by atoms with van der Waals surface area (Å²) in [6.07, 6.45) is 30.9. The topological polar surface area (TPSA) is 124 Å². The summed E-state index contributed by atoms with van der Waals surface area (Å²) >= 11 is 0. The number of unbranched alkanes of at least 4 members (excludes halogenated alkanes) is 22. The minimum absolute atomic E-state index is 0.132. The quantitative estimate of drug-likeness (QED) is 0.0218. The molecule has 0 radical (unpaired) electrons. The summed E-state index contributed by atoms with van der Waals surface area (Å²) in [5.41, 5.74) is 1.11. The second kappa shape index (κ2) is 34.0. The van der Waals surface area contributed by atoms with Gasteiger partial charge in [0.05, 0.1) is 35.5 Å². The van der Waals surface area contributed by atoms with Crippen molar-refractivity contribution in [2.45, 2.75) is 168 Å². The van der Waals surface area contributed by atoms with E-state index in [1.165, 1.54) is 189 Å². The molecule has 0 amide bonds. The van der Waals surface area contributed by atoms with E-state index >= 15 is 0 Å². The Labute approximate surface area is 429 Å². The van der Waals surface area contributed by atoms with E-state index in [1.807, 2.05) is 0 Å². The number of ether oxygens (including phenoxy) is 6. The molecular formula is C62H78O10. The molecule has 0 fully saturated rings. The minimum Gasteiger partial charge on any atom is -0.494 e. The number of carbonyl (C=O) groups excluding carboxylic acids is 4. The number of benzene rings is 5. The van der Waals surface area contributed by atoms with E-state index in [4.69, 9.17) is 28.4 Å². The number of hydrogen-bond donors (Lipinski definition) is 0. The first-order valence-electron chi connectivity index (χ1n) is 27.0. The zero-order valence-electron chi connectivity index (χ0n) is 43.0. The van der Waals surface area contributed by atoms with Crippen molar-refractivity contribution in [3.8, 4) is 34.5 Å². The van der Waals surface area contributed by atoms with E-state index in [1.54, 1.807) is 60.7 Å². The van der Waals surface area contributed by atoms with Crippen molar-refractivity contribution in [1.82, 2.24) is 0 Å². The Morgan fingerprint density at radius 2 is 0.542 bits per heavy atom. The molecule has 5 aromatic carbocycles. The van der Waals surface area contributed by atoms with Crippen LogP contribution in [0.3, 0.4) is 0 Å². The van der Waals surface area contributed by atoms with Crippen LogP contribution in [0.5, 0.6) is 34.5 Å². The first-order chi connectivity index (χ1) is 35.3. The van der Waals surface area contributed by atoms with Gasteiger partial charge in [-0.05, 0) is 128 Å². The first kappa shape index (κ1) is 56.5. The molecule has 0 atom stereocenters. The smallest absolute Gasteiger partial charge is 0.343 e. The maximum Gasteiger partial charge on any atom is 0.343 e. The highest BCUT2D eigenvalue weighted by atomic mass is 16.6. The van der Waals surface area contributed by atoms with E-state index in [0.29, 0.717) is 35.8 Å². The third kappa shape index (κ3) is 22.3. The molecule has 10 nitrogen and oxygen atoms in total. The van der Waals surface area contributed by atoms with Crippen LogP contribution in [0.15, 0.2) is 121 Å². The second-order valence-electron chi connectivity index (χ2n) is 18.6. The van der Waals surface area contributed by atoms with Crippen molar-refractivity contribution in [3.63, 3.8) is 0 Å². The van der Waals surface area contributed by atoms with Crippen molar-refractivity contribution < 1.29 is 47.6 Å². The second-order valence-corrected chi connectivity index (χ2v) is 18.6. The van der Waals surface area contributed by atoms with Gasteiger partial charge in [-0.15, -0.1) is 0 Å². The Morgan fingerprint density at radius 3 is 0.875 bits per heavy atom. The van der Waals surface area contributed by atoms with Gasteiger partial charge in [0.2, 0.25) is 0 Å². The lowest BCUT2D eigenvalue weighted by molar-refractivity contribution is 0.0713. The first-order valence-corrected chi connectivity index (χ1v) is 27.0. The lowest BCUT2D eigenvalue weighted by atomic mass is 10.1. The Balaban J connectivity index is 0.947. The van der Waals surface area contributed by atoms with E-state index in [-0.39, 0.29) is 34.1 Å². The fraction of sp³-hybridized carbons (Fsp3) is 0.452. The Morgan fingerprint density at radius 1 is 0.278 bits per heavy atom. The van der Waals surface area contributed by atoms with Gasteiger partial charge >= 0.3 is 23.9 Å². The van der Waals surface area contributed by atoms with Crippen molar-refractivity contribution in [1.29, 1.82) is 0 Å². The van der Waals surface area contributed by atoms with Crippen LogP contribution in [0, 0.1) is 0 Å². The van der Waals surface area contributed by atoms with Gasteiger partial charge in [0.15, 0.2) is 0 Å². The molecule has 0 spiro atoms. The monoisotopic (exact) mass is 983 g/mol. The number of esters is 4. The Hall–Kier alpha value is -6.42. The molecular weight excluding hydrogens is 905 g/mol. The zero-order valence-corrected chi connectivity index (χ0v) is 43.0. The fourth-order valence-corrected chi connectivity index (χ4v) is 8.23. The predicted octanol–water partition coefficient (Wildman–Crippen LogP) is 16.7. The molecule has 0 aliphatic carbocycles. The van der Waals surface area contributed by atoms with E-state index < -0.39 is 23.9 Å². The number of hydrogen-bond acceptors (Lipinski definition) is 10. The van der Waals surface area contributed by atoms with Crippen LogP contribution < -0.4 is 28.4 Å². The molecule has 0 aliphatic heterocycles. The molecule has 0 saturated heterocycles. The van der Waals surface area contributed by atoms with Crippen LogP contribution in [-0.4, -0.2) is 37.1 Å². The van der Waals surface area contributed by atoms with Gasteiger partial charge < -0.3 is 28.4 Å². The molecule has 0 aromatic heterocycles. The van der Waals surface area contributed by atoms with Crippen LogP contribution in [0.2, 0.25) is 0 Å². The van der Waals surface area contributed by atoms with Crippen LogP contribution in [-0.2, 0) is 0 Å². The van der Waals surface area contributed by atoms with Crippen LogP contribution in [0.1, 0.15) is 209 Å². The van der Waals surface area contributed by atoms with E-state index in [2.05, 4.69) is 13.8 Å². The van der Waals surface area contributed by atoms with Gasteiger partial charge in [-0.3, -0.25) is 0 Å². The molecule has 72 heavy (non-hydrogen) atoms. The van der Waals surface area contributed by atoms with Gasteiger partial charge in [0.25, 0.3) is 0 Å². The molecule has 0 bridgehead atoms. The molecule has 386 valence electrons. The third-order valence-electron chi connectivity index (χ3n) is 12.5. The molecule has 10 heteroatoms. The predicted molar refractivity (Wildman–Crippen MR) is 285 cm³/mol. The van der Waals surface area contributed by atoms with Gasteiger partial charge in [-0.25, -0.2) is 19.2 Å². The normalized spacial score (nSPS) is 10.9. The van der Waals surface area contributed by atoms with Crippen molar-refractivity contribution >= 4 is 23.9 Å². The fourth-order valence-electron chi connectivity index (χ4n) is 8.23. The van der Waals surface area contributed by atoms with Crippen LogP contribution in [0.4, 0.5) is 0 Å². The molecule has 5 aromatic rings. The Bertz CT molecular complexity index is 2300. The van der Waals surface area contributed by atoms with Gasteiger partial charge in [-0.1, -0.05) is 161 Å². The van der Waals surface area contributed by atoms with Gasteiger partial charge in [-0.2, -0.15) is 0 Å². The largest absolute Gasteiger partial charge is 0.494 e. The molecule has 0 aliphatic rings. The van der Waals surface area contributed by atoms with E-state index in [0.717, 1.165) is 25.7 Å². The summed E-state index contributed by atoms with van der Waals surface area (Å²) in [6, 6.07) is 31.9. The highest BCUT2D eigenvalue weighted by Gasteiger charge is 2.16. The summed E-state index contributed by atoms with van der Waals surface area (Å²) in [5.74, 6) is -0.104. The van der Waals surface area contributed by atoms with Crippen molar-refractivity contribution in [2.24, 2.45) is 0 Å². The van der Waals surface area contributed by atoms with Gasteiger partial charge in [0.1, 0.15) is 34.5 Å². The highest BCUT2D eigenvalue weighted by molar-refractivity contribution is 5.94. The summed E-state index contributed by atoms with van der Waals surface area (Å²) in [4.78, 5) is 51.8. The zero-order chi connectivity index (χ0) is 50.9. The Kier molecular flexibility index (Phi) is 26.7. The lowest BCUT2D eigenvalue weighted by Crippen LogP contribution is -2.12. The third-order valence-corrected chi connectivity index (χ3v) is 12.5. The lowest BCUT2D eigenvalue weighted by Gasteiger charge is -2.09. The summed E-state index contributed by atoms with van der Waals surface area (Å²) in [6.45, 7) is 5.79. The number of rotatable bonds is 36. The molecule has 0 heterocycles. The molecule has 0 N–H and O–H groups in total. The maximum absolute atomic E-state index is 13.1. The van der Waals surface area contributed by atoms with Crippen LogP contribution in [0.25, 0.3) is 0 Å². The van der Waals surface area contributed by atoms with E-state index in [9.17, 15) is 19.2 Å². The number of carbonyl (C=O) groups is 4. The van der Waals surface area contributed by atoms with Crippen molar-refractivity contribution in [2.75, 3.05) is 13.2 Å². The summed E-state index contributed by atoms with van der Waals surface area (Å²) in [7, 11) is 0. The molecule has 0 unspecified atom stereocenters. The molecule has 0 saturated carbocycles. The average Bonchev–Trinajstić information content (AvgIpc) is 3.40. The SMILES string of the molecule is CCCCCCCCCCCCCCOc1ccc(C(=O)Oc2ccc(OC(=O)c3cccc(OC(=O)c4ccc(OC(=O)c5ccc(OCCCCCCCCCCCCCC)cc5)cc4)c3)cc2)cc1. The standard InChI is InChI=1S/C62H78O10/c1-3-5-7-9-11-13-15-17-19-21-23-25-46-67-53-36-30-49(31-37-53)59(63)69-55-40-34-51(35-41-55)61(65)72-58-29-27-28-52(48-58)62(66)71-57-44-42-56(43-45-57)70-60(64)50-32-38-54(39-33-50)68-47-26-24-22-20-18-16-14-12-10-8-6-4-2/h27-45,48H,3-26,46-47H2,1-2H3. The summed E-state index contributed by atoms with van der Waals surface area (Å²) < 4.78 is 33.9. The highest BCUT2D eigenvalue weighted by Crippen LogP contribution is 2.24. The summed E-state index contributed by atoms with van der Waals surface area (Å²) in [5, 5.41) is 0. The van der Waals surface area contributed by atoms with Crippen molar-refractivity contribution in [3.05, 3.63) is 144 Å². The minimum atomic E-state index is -0.679. The molecule has 5 rings (SSSR count). The van der Waals surface area contributed by atoms with Crippen LogP contribution >= 0.6 is 0 Å². The van der Waals surface area contributed by atoms with Gasteiger partial charge in [0, 0.05) is 0 Å². The maximum atomic E-state index is 13.1. The average molecular weight is 983 g/mol.